The number of fused-ring (bicyclic) bond motifs is 3. The zero-order valence-electron chi connectivity index (χ0n) is 26.7. The summed E-state index contributed by atoms with van der Waals surface area (Å²) in [6, 6.07) is 20.2. The lowest BCUT2D eigenvalue weighted by molar-refractivity contribution is -0.123. The number of carbonyl (C=O) groups is 4. The van der Waals surface area contributed by atoms with Crippen molar-refractivity contribution in [1.29, 1.82) is 0 Å². The number of hydrogen-bond donors (Lipinski definition) is 2. The van der Waals surface area contributed by atoms with Gasteiger partial charge in [-0.2, -0.15) is 0 Å². The molecule has 1 aliphatic heterocycles. The van der Waals surface area contributed by atoms with Crippen LogP contribution < -0.4 is 19.7 Å². The van der Waals surface area contributed by atoms with Gasteiger partial charge >= 0.3 is 0 Å². The normalized spacial score (nSPS) is 23.4. The van der Waals surface area contributed by atoms with Crippen molar-refractivity contribution in [3.8, 4) is 17.2 Å². The third-order valence-electron chi connectivity index (χ3n) is 9.78. The molecule has 242 valence electrons. The summed E-state index contributed by atoms with van der Waals surface area (Å²) in [4.78, 5) is 56.4. The van der Waals surface area contributed by atoms with Crippen molar-refractivity contribution in [3.05, 3.63) is 113 Å². The number of methoxy groups -OCH3 is 2. The second kappa shape index (κ2) is 12.2. The first-order valence-corrected chi connectivity index (χ1v) is 15.8. The van der Waals surface area contributed by atoms with Crippen LogP contribution in [0.1, 0.15) is 25.3 Å². The highest BCUT2D eigenvalue weighted by Gasteiger charge is 2.56. The Morgan fingerprint density at radius 3 is 2.21 bits per heavy atom. The van der Waals surface area contributed by atoms with Crippen LogP contribution in [0.2, 0.25) is 0 Å². The van der Waals surface area contributed by atoms with Gasteiger partial charge in [-0.1, -0.05) is 42.0 Å². The smallest absolute Gasteiger partial charge is 0.238 e. The molecule has 48 heavy (non-hydrogen) atoms. The van der Waals surface area contributed by atoms with Gasteiger partial charge in [-0.05, 0) is 85.9 Å². The van der Waals surface area contributed by atoms with Crippen LogP contribution in [0.3, 0.4) is 0 Å². The van der Waals surface area contributed by atoms with E-state index in [1.807, 2.05) is 54.6 Å². The van der Waals surface area contributed by atoms with Crippen LogP contribution in [-0.4, -0.2) is 42.7 Å². The Balaban J connectivity index is 1.23. The fourth-order valence-electron chi connectivity index (χ4n) is 7.51. The summed E-state index contributed by atoms with van der Waals surface area (Å²) < 4.78 is 10.6. The predicted molar refractivity (Wildman–Crippen MR) is 181 cm³/mol. The molecule has 0 aromatic heterocycles. The number of aromatic hydroxyl groups is 1. The minimum Gasteiger partial charge on any atom is -0.502 e. The lowest BCUT2D eigenvalue weighted by Crippen LogP contribution is -2.40. The number of Topliss-reactive ketones (excluding diaryl/α,β-unsaturated/α-hetero) is 1. The molecule has 0 spiro atoms. The Morgan fingerprint density at radius 1 is 0.875 bits per heavy atom. The third kappa shape index (κ3) is 5.12. The van der Waals surface area contributed by atoms with Gasteiger partial charge in [0, 0.05) is 34.0 Å². The lowest BCUT2D eigenvalue weighted by atomic mass is 9.60. The van der Waals surface area contributed by atoms with Gasteiger partial charge in [-0.15, -0.1) is 0 Å². The number of allylic oxidation sites excluding steroid dienone is 7. The number of rotatable bonds is 7. The van der Waals surface area contributed by atoms with Crippen LogP contribution in [0.4, 0.5) is 17.1 Å². The third-order valence-corrected chi connectivity index (χ3v) is 9.78. The fourth-order valence-corrected chi connectivity index (χ4v) is 7.51. The number of ketones is 2. The number of amides is 2. The predicted octanol–water partition coefficient (Wildman–Crippen LogP) is 6.33. The van der Waals surface area contributed by atoms with Crippen molar-refractivity contribution < 1.29 is 33.8 Å². The molecule has 3 aliphatic carbocycles. The first kappa shape index (κ1) is 30.9. The summed E-state index contributed by atoms with van der Waals surface area (Å²) in [6.07, 6.45) is 7.54. The van der Waals surface area contributed by atoms with E-state index in [0.29, 0.717) is 34.4 Å². The Kier molecular flexibility index (Phi) is 7.83. The number of ether oxygens (including phenoxy) is 2. The number of phenolic OH excluding ortho intramolecular Hbond substituents is 1. The van der Waals surface area contributed by atoms with Gasteiger partial charge in [0.25, 0.3) is 0 Å². The highest BCUT2D eigenvalue weighted by Crippen LogP contribution is 2.53. The van der Waals surface area contributed by atoms with Gasteiger partial charge < -0.3 is 19.9 Å². The maximum absolute atomic E-state index is 14.2. The zero-order valence-corrected chi connectivity index (χ0v) is 26.7. The van der Waals surface area contributed by atoms with Gasteiger partial charge in [0.15, 0.2) is 23.1 Å². The van der Waals surface area contributed by atoms with E-state index in [-0.39, 0.29) is 47.1 Å². The number of nitrogens with one attached hydrogen (secondary N) is 1. The van der Waals surface area contributed by atoms with Crippen LogP contribution in [0.25, 0.3) is 6.08 Å². The van der Waals surface area contributed by atoms with E-state index >= 15 is 0 Å². The molecule has 0 bridgehead atoms. The number of anilines is 3. The number of hydrogen-bond acceptors (Lipinski definition) is 8. The van der Waals surface area contributed by atoms with E-state index in [0.717, 1.165) is 16.9 Å². The molecule has 1 fully saturated rings. The number of carbonyl (C=O) groups excluding carboxylic acids is 4. The van der Waals surface area contributed by atoms with Crippen molar-refractivity contribution in [2.75, 3.05) is 24.4 Å². The highest BCUT2D eigenvalue weighted by molar-refractivity contribution is 6.24. The van der Waals surface area contributed by atoms with Gasteiger partial charge in [-0.3, -0.25) is 24.1 Å². The molecule has 0 radical (unpaired) electrons. The summed E-state index contributed by atoms with van der Waals surface area (Å²) in [7, 11) is 2.88. The molecular formula is C39H34N2O7. The zero-order chi connectivity index (χ0) is 33.7. The molecule has 0 saturated carbocycles. The van der Waals surface area contributed by atoms with Crippen LogP contribution in [-0.2, 0) is 19.2 Å². The Morgan fingerprint density at radius 2 is 1.54 bits per heavy atom. The molecule has 4 unspecified atom stereocenters. The van der Waals surface area contributed by atoms with Gasteiger partial charge in [0.2, 0.25) is 17.6 Å². The van der Waals surface area contributed by atoms with Gasteiger partial charge in [0.1, 0.15) is 0 Å². The first-order valence-electron chi connectivity index (χ1n) is 15.8. The van der Waals surface area contributed by atoms with E-state index < -0.39 is 23.7 Å². The van der Waals surface area contributed by atoms with E-state index in [2.05, 4.69) is 5.32 Å². The molecule has 7 rings (SSSR count). The first-order chi connectivity index (χ1) is 23.2. The number of benzene rings is 3. The summed E-state index contributed by atoms with van der Waals surface area (Å²) in [5.74, 6) is -2.99. The van der Waals surface area contributed by atoms with Crippen molar-refractivity contribution in [1.82, 2.24) is 0 Å². The minimum absolute atomic E-state index is 0.134. The van der Waals surface area contributed by atoms with Crippen molar-refractivity contribution in [2.45, 2.75) is 19.8 Å². The number of phenols is 1. The minimum atomic E-state index is -0.674. The molecule has 3 aromatic rings. The second-order valence-corrected chi connectivity index (χ2v) is 12.5. The molecule has 1 saturated heterocycles. The highest BCUT2D eigenvalue weighted by atomic mass is 16.5. The summed E-state index contributed by atoms with van der Waals surface area (Å²) >= 11 is 0. The van der Waals surface area contributed by atoms with E-state index in [9.17, 15) is 24.3 Å². The maximum atomic E-state index is 14.2. The average molecular weight is 643 g/mol. The van der Waals surface area contributed by atoms with Crippen LogP contribution >= 0.6 is 0 Å². The monoisotopic (exact) mass is 642 g/mol. The topological polar surface area (TPSA) is 122 Å². The Labute approximate surface area is 277 Å². The Bertz CT molecular complexity index is 1960. The molecule has 4 aliphatic rings. The molecule has 3 aromatic carbocycles. The fraction of sp³-hybridized carbons (Fsp3) is 0.231. The second-order valence-electron chi connectivity index (χ2n) is 12.5. The summed E-state index contributed by atoms with van der Waals surface area (Å²) in [5, 5.41) is 13.7. The average Bonchev–Trinajstić information content (AvgIpc) is 3.36. The van der Waals surface area contributed by atoms with Gasteiger partial charge in [-0.25, -0.2) is 0 Å². The maximum Gasteiger partial charge on any atom is 0.238 e. The van der Waals surface area contributed by atoms with Crippen LogP contribution in [0, 0.1) is 23.7 Å². The number of nitrogens with zero attached hydrogens (tertiary/aromatic N) is 1. The molecule has 9 heteroatoms. The quantitative estimate of drug-likeness (QED) is 0.174. The molecule has 2 N–H and O–H groups in total. The molecule has 1 heterocycles. The van der Waals surface area contributed by atoms with Crippen molar-refractivity contribution in [3.63, 3.8) is 0 Å². The van der Waals surface area contributed by atoms with Crippen molar-refractivity contribution in [2.24, 2.45) is 23.7 Å². The van der Waals surface area contributed by atoms with E-state index in [1.54, 1.807) is 37.3 Å². The molecule has 2 amide bonds. The van der Waals surface area contributed by atoms with Crippen LogP contribution in [0.15, 0.2) is 107 Å². The van der Waals surface area contributed by atoms with E-state index in [1.165, 1.54) is 25.2 Å². The summed E-state index contributed by atoms with van der Waals surface area (Å²) in [5.41, 5.74) is 4.87. The number of imide groups is 1. The largest absolute Gasteiger partial charge is 0.502 e. The molecular weight excluding hydrogens is 608 g/mol. The van der Waals surface area contributed by atoms with Gasteiger partial charge in [0.05, 0.1) is 31.7 Å². The van der Waals surface area contributed by atoms with Crippen molar-refractivity contribution >= 4 is 46.5 Å². The standard InChI is InChI=1S/C39H34N2O7/c1-21-17-31(42)34-27(14-9-22-18-32(47-2)37(44)33(19-22)48-3)26-15-16-28-35(29(26)20-30(34)36(21)43)39(46)41(38(28)45)25-12-10-24(11-13-25)40-23-7-5-4-6-8-23/h4-15,17-19,27-29,35,40,44H,16,20H2,1-3H3. The SMILES string of the molecule is COc1cc(C=CC2C3=CCC4C(=O)N(c5ccc(Nc6ccccc6)cc5)C(=O)C4C3CC3=C2C(=O)C=C(C)C3=O)cc(OC)c1O. The van der Waals surface area contributed by atoms with E-state index in [4.69, 9.17) is 9.47 Å². The lowest BCUT2D eigenvalue weighted by Gasteiger charge is -2.41. The Hall–Kier alpha value is -5.70. The summed E-state index contributed by atoms with van der Waals surface area (Å²) in [6.45, 7) is 1.63. The molecule has 4 atom stereocenters. The van der Waals surface area contributed by atoms with Crippen LogP contribution in [0.5, 0.6) is 17.2 Å². The molecule has 9 nitrogen and oxygen atoms in total. The number of para-hydroxylation sites is 1.